The van der Waals surface area contributed by atoms with Crippen molar-refractivity contribution in [1.82, 2.24) is 14.6 Å². The maximum atomic E-state index is 15.0. The van der Waals surface area contributed by atoms with E-state index in [9.17, 15) is 28.0 Å². The van der Waals surface area contributed by atoms with Gasteiger partial charge < -0.3 is 24.8 Å². The minimum absolute atomic E-state index is 0.0208. The number of alkyl halides is 3. The van der Waals surface area contributed by atoms with Crippen molar-refractivity contribution < 1.29 is 46.2 Å². The zero-order chi connectivity index (χ0) is 28.3. The van der Waals surface area contributed by atoms with Gasteiger partial charge in [-0.15, -0.1) is 0 Å². The van der Waals surface area contributed by atoms with Crippen LogP contribution in [0.3, 0.4) is 0 Å². The Balaban J connectivity index is 1.90. The van der Waals surface area contributed by atoms with Crippen molar-refractivity contribution in [1.29, 1.82) is 0 Å². The first-order valence-electron chi connectivity index (χ1n) is 11.4. The van der Waals surface area contributed by atoms with Crippen LogP contribution < -0.4 is 21.0 Å². The van der Waals surface area contributed by atoms with E-state index in [0.717, 1.165) is 12.3 Å². The molecule has 0 amide bonds. The Morgan fingerprint density at radius 1 is 1.29 bits per heavy atom. The van der Waals surface area contributed by atoms with Gasteiger partial charge in [-0.25, -0.2) is 22.5 Å². The minimum atomic E-state index is -4.68. The molecule has 1 aliphatic heterocycles. The molecule has 2 heterocycles. The molecule has 210 valence electrons. The van der Waals surface area contributed by atoms with Crippen LogP contribution in [0.2, 0.25) is 0 Å². The van der Waals surface area contributed by atoms with Gasteiger partial charge in [0.1, 0.15) is 23.7 Å². The molecule has 3 rings (SSSR count). The summed E-state index contributed by atoms with van der Waals surface area (Å²) in [6.45, 7) is 3.06. The smallest absolute Gasteiger partial charge is 0.459 e. The highest BCUT2D eigenvalue weighted by Crippen LogP contribution is 2.49. The number of aliphatic hydroxyl groups is 1. The fourth-order valence-corrected chi connectivity index (χ4v) is 5.03. The monoisotopic (exact) mass is 564 g/mol. The van der Waals surface area contributed by atoms with Crippen LogP contribution in [0.15, 0.2) is 47.4 Å². The molecule has 6 atom stereocenters. The number of ether oxygens (including phenoxy) is 2. The predicted molar refractivity (Wildman–Crippen MR) is 127 cm³/mol. The number of benzene rings is 1. The zero-order valence-electron chi connectivity index (χ0n) is 20.6. The standard InChI is InChI=1S/C22H28F3N4O8P/c1-12(2)35-19(31)13(3)28-38(33,37-14-7-5-4-6-8-14)34-11-22(20(24)25)17(30)16(23)18(36-22)29-10-9-15(26)27-21(29)32/h4-10,12-13,16-18,20,30H,11H2,1-3H3,(H,28,33)(H2,26,27,32). The number of halogens is 3. The van der Waals surface area contributed by atoms with Crippen LogP contribution in [0.5, 0.6) is 5.75 Å². The number of nitrogens with zero attached hydrogens (tertiary/aromatic N) is 2. The van der Waals surface area contributed by atoms with Crippen LogP contribution >= 0.6 is 7.75 Å². The van der Waals surface area contributed by atoms with Gasteiger partial charge in [0.2, 0.25) is 0 Å². The molecule has 0 aliphatic carbocycles. The van der Waals surface area contributed by atoms with E-state index in [1.807, 2.05) is 0 Å². The average molecular weight is 564 g/mol. The second kappa shape index (κ2) is 11.8. The zero-order valence-corrected chi connectivity index (χ0v) is 21.5. The highest BCUT2D eigenvalue weighted by Gasteiger charge is 2.62. The summed E-state index contributed by atoms with van der Waals surface area (Å²) in [6, 6.07) is 7.24. The van der Waals surface area contributed by atoms with Crippen molar-refractivity contribution in [3.05, 3.63) is 53.1 Å². The highest BCUT2D eigenvalue weighted by atomic mass is 31.2. The highest BCUT2D eigenvalue weighted by molar-refractivity contribution is 7.52. The molecule has 0 radical (unpaired) electrons. The maximum Gasteiger partial charge on any atom is 0.459 e. The lowest BCUT2D eigenvalue weighted by atomic mass is 9.97. The summed E-state index contributed by atoms with van der Waals surface area (Å²) in [4.78, 5) is 27.8. The molecule has 1 saturated heterocycles. The summed E-state index contributed by atoms with van der Waals surface area (Å²) in [7, 11) is -4.68. The Morgan fingerprint density at radius 3 is 2.53 bits per heavy atom. The van der Waals surface area contributed by atoms with Gasteiger partial charge in [0.25, 0.3) is 6.43 Å². The quantitative estimate of drug-likeness (QED) is 0.271. The summed E-state index contributed by atoms with van der Waals surface area (Å²) >= 11 is 0. The number of hydrogen-bond donors (Lipinski definition) is 3. The molecular formula is C22H28F3N4O8P. The van der Waals surface area contributed by atoms with Crippen LogP contribution in [-0.4, -0.2) is 63.7 Å². The number of carbonyl (C=O) groups is 1. The lowest BCUT2D eigenvalue weighted by molar-refractivity contribution is -0.192. The molecule has 6 unspecified atom stereocenters. The van der Waals surface area contributed by atoms with Crippen LogP contribution in [0, 0.1) is 0 Å². The Kier molecular flexibility index (Phi) is 9.21. The van der Waals surface area contributed by atoms with E-state index in [-0.39, 0.29) is 11.6 Å². The molecule has 1 aromatic carbocycles. The van der Waals surface area contributed by atoms with Crippen molar-refractivity contribution in [2.24, 2.45) is 0 Å². The molecule has 1 aliphatic rings. The number of aromatic nitrogens is 2. The third-order valence-electron chi connectivity index (χ3n) is 5.40. The van der Waals surface area contributed by atoms with Gasteiger partial charge in [-0.2, -0.15) is 10.1 Å². The molecule has 0 saturated carbocycles. The van der Waals surface area contributed by atoms with E-state index in [1.165, 1.54) is 31.2 Å². The minimum Gasteiger partial charge on any atom is -0.462 e. The number of esters is 1. The second-order valence-corrected chi connectivity index (χ2v) is 10.4. The first-order valence-corrected chi connectivity index (χ1v) is 12.9. The number of para-hydroxylation sites is 1. The van der Waals surface area contributed by atoms with Crippen molar-refractivity contribution in [2.75, 3.05) is 12.3 Å². The summed E-state index contributed by atoms with van der Waals surface area (Å²) < 4.78 is 78.7. The van der Waals surface area contributed by atoms with Crippen LogP contribution in [0.4, 0.5) is 19.0 Å². The fraction of sp³-hybridized carbons (Fsp3) is 0.500. The van der Waals surface area contributed by atoms with E-state index in [4.69, 9.17) is 24.3 Å². The molecule has 1 aromatic heterocycles. The van der Waals surface area contributed by atoms with E-state index in [1.54, 1.807) is 19.9 Å². The van der Waals surface area contributed by atoms with Gasteiger partial charge in [-0.3, -0.25) is 13.9 Å². The third-order valence-corrected chi connectivity index (χ3v) is 7.02. The first-order chi connectivity index (χ1) is 17.8. The number of hydrogen-bond acceptors (Lipinski definition) is 10. The van der Waals surface area contributed by atoms with E-state index >= 15 is 4.39 Å². The fourth-order valence-electron chi connectivity index (χ4n) is 3.50. The van der Waals surface area contributed by atoms with Gasteiger partial charge in [0, 0.05) is 6.20 Å². The summed E-state index contributed by atoms with van der Waals surface area (Å²) in [5.74, 6) is -1.08. The van der Waals surface area contributed by atoms with E-state index < -0.39 is 68.7 Å². The summed E-state index contributed by atoms with van der Waals surface area (Å²) in [6.07, 6.45) is -10.3. The lowest BCUT2D eigenvalue weighted by Gasteiger charge is -2.32. The maximum absolute atomic E-state index is 15.0. The Morgan fingerprint density at radius 2 is 1.95 bits per heavy atom. The van der Waals surface area contributed by atoms with Crippen molar-refractivity contribution in [3.63, 3.8) is 0 Å². The molecule has 38 heavy (non-hydrogen) atoms. The van der Waals surface area contributed by atoms with Gasteiger partial charge in [-0.1, -0.05) is 18.2 Å². The van der Waals surface area contributed by atoms with Crippen molar-refractivity contribution in [3.8, 4) is 5.75 Å². The van der Waals surface area contributed by atoms with Gasteiger partial charge in [0.05, 0.1) is 12.7 Å². The average Bonchev–Trinajstić information content (AvgIpc) is 3.09. The predicted octanol–water partition coefficient (Wildman–Crippen LogP) is 2.19. The van der Waals surface area contributed by atoms with Crippen LogP contribution in [-0.2, 0) is 23.4 Å². The number of nitrogens with one attached hydrogen (secondary N) is 1. The number of nitrogens with two attached hydrogens (primary N) is 1. The number of carbonyl (C=O) groups excluding carboxylic acids is 1. The van der Waals surface area contributed by atoms with Crippen LogP contribution in [0.25, 0.3) is 0 Å². The van der Waals surface area contributed by atoms with Gasteiger partial charge in [-0.05, 0) is 39.0 Å². The molecular weight excluding hydrogens is 536 g/mol. The largest absolute Gasteiger partial charge is 0.462 e. The molecule has 0 spiro atoms. The number of aliphatic hydroxyl groups excluding tert-OH is 1. The first kappa shape index (κ1) is 29.6. The molecule has 16 heteroatoms. The molecule has 4 N–H and O–H groups in total. The topological polar surface area (TPSA) is 164 Å². The van der Waals surface area contributed by atoms with Gasteiger partial charge >= 0.3 is 19.4 Å². The molecule has 1 fully saturated rings. The molecule has 0 bridgehead atoms. The van der Waals surface area contributed by atoms with Crippen molar-refractivity contribution >= 4 is 19.5 Å². The molecule has 12 nitrogen and oxygen atoms in total. The van der Waals surface area contributed by atoms with E-state index in [2.05, 4.69) is 10.1 Å². The summed E-state index contributed by atoms with van der Waals surface area (Å²) in [5, 5.41) is 12.8. The Hall–Kier alpha value is -2.97. The lowest BCUT2D eigenvalue weighted by Crippen LogP contribution is -2.52. The number of rotatable bonds is 11. The Bertz CT molecular complexity index is 1220. The number of nitrogen functional groups attached to an aromatic ring is 1. The van der Waals surface area contributed by atoms with Gasteiger partial charge in [0.15, 0.2) is 18.0 Å². The SMILES string of the molecule is CC(C)OC(=O)C(C)NP(=O)(OCC1(C(F)F)OC(n2ccc(N)nc2=O)C(F)C1O)Oc1ccccc1. The third kappa shape index (κ3) is 6.53. The van der Waals surface area contributed by atoms with Crippen molar-refractivity contribution in [2.45, 2.75) is 63.4 Å². The normalized spacial score (nSPS) is 25.8. The van der Waals surface area contributed by atoms with E-state index in [0.29, 0.717) is 4.57 Å². The second-order valence-electron chi connectivity index (χ2n) is 8.71. The number of anilines is 1. The molecule has 2 aromatic rings. The Labute approximate surface area is 215 Å². The van der Waals surface area contributed by atoms with Crippen LogP contribution in [0.1, 0.15) is 27.0 Å². The summed E-state index contributed by atoms with van der Waals surface area (Å²) in [5.41, 5.74) is 1.19.